The molecule has 0 aromatic carbocycles. The smallest absolute Gasteiger partial charge is 0.310 e. The predicted octanol–water partition coefficient (Wildman–Crippen LogP) is 1.79. The lowest BCUT2D eigenvalue weighted by Gasteiger charge is -2.25. The van der Waals surface area contributed by atoms with E-state index in [1.165, 1.54) is 18.6 Å². The molecule has 1 aliphatic rings. The Kier molecular flexibility index (Phi) is 6.54. The molecule has 1 rings (SSSR count). The van der Waals surface area contributed by atoms with E-state index in [9.17, 15) is 9.59 Å². The maximum Gasteiger partial charge on any atom is 0.310 e. The summed E-state index contributed by atoms with van der Waals surface area (Å²) in [5, 5.41) is 0. The van der Waals surface area contributed by atoms with E-state index in [1.54, 1.807) is 18.9 Å². The number of thioether (sulfide) groups is 1. The first-order chi connectivity index (χ1) is 8.54. The second-order valence-corrected chi connectivity index (χ2v) is 6.18. The number of ether oxygens (including phenoxy) is 1. The van der Waals surface area contributed by atoms with Crippen LogP contribution in [-0.2, 0) is 14.3 Å². The molecule has 1 atom stereocenters. The van der Waals surface area contributed by atoms with Crippen LogP contribution in [0.4, 0.5) is 0 Å². The van der Waals surface area contributed by atoms with Crippen molar-refractivity contribution >= 4 is 23.6 Å². The molecule has 5 heteroatoms. The first-order valence-corrected chi connectivity index (χ1v) is 7.59. The second-order valence-electron chi connectivity index (χ2n) is 4.96. The van der Waals surface area contributed by atoms with Crippen LogP contribution in [0.3, 0.4) is 0 Å². The lowest BCUT2D eigenvalue weighted by Crippen LogP contribution is -2.35. The van der Waals surface area contributed by atoms with E-state index in [0.717, 1.165) is 12.8 Å². The van der Waals surface area contributed by atoms with Crippen molar-refractivity contribution in [2.75, 3.05) is 32.2 Å². The van der Waals surface area contributed by atoms with E-state index < -0.39 is 0 Å². The number of esters is 1. The summed E-state index contributed by atoms with van der Waals surface area (Å²) in [4.78, 5) is 25.0. The molecular weight excluding hydrogens is 250 g/mol. The summed E-state index contributed by atoms with van der Waals surface area (Å²) in [6.07, 6.45) is 2.89. The molecule has 0 spiro atoms. The van der Waals surface area contributed by atoms with Crippen LogP contribution in [0, 0.1) is 11.8 Å². The second kappa shape index (κ2) is 7.67. The molecule has 1 saturated heterocycles. The summed E-state index contributed by atoms with van der Waals surface area (Å²) in [6, 6.07) is 0. The van der Waals surface area contributed by atoms with Gasteiger partial charge in [-0.25, -0.2) is 0 Å². The van der Waals surface area contributed by atoms with Crippen molar-refractivity contribution in [3.05, 3.63) is 0 Å². The molecule has 0 aliphatic carbocycles. The zero-order valence-corrected chi connectivity index (χ0v) is 12.3. The third-order valence-corrected chi connectivity index (χ3v) is 4.43. The summed E-state index contributed by atoms with van der Waals surface area (Å²) in [7, 11) is 3.14. The maximum absolute atomic E-state index is 12.0. The van der Waals surface area contributed by atoms with Gasteiger partial charge in [-0.05, 0) is 30.3 Å². The molecule has 4 nitrogen and oxygen atoms in total. The fourth-order valence-electron chi connectivity index (χ4n) is 2.14. The number of nitrogens with zero attached hydrogens (tertiary/aromatic N) is 1. The predicted molar refractivity (Wildman–Crippen MR) is 73.5 cm³/mol. The van der Waals surface area contributed by atoms with Gasteiger partial charge in [-0.1, -0.05) is 6.92 Å². The first-order valence-electron chi connectivity index (χ1n) is 6.44. The number of hydrogen-bond donors (Lipinski definition) is 0. The molecule has 0 N–H and O–H groups in total. The third-order valence-electron chi connectivity index (χ3n) is 3.38. The SMILES string of the molecule is COC(=O)C(C)CN(C)C(=O)CC1CCSCC1. The van der Waals surface area contributed by atoms with Crippen LogP contribution in [0.1, 0.15) is 26.2 Å². The van der Waals surface area contributed by atoms with Crippen LogP contribution >= 0.6 is 11.8 Å². The van der Waals surface area contributed by atoms with Crippen molar-refractivity contribution in [2.45, 2.75) is 26.2 Å². The van der Waals surface area contributed by atoms with E-state index in [4.69, 9.17) is 0 Å². The van der Waals surface area contributed by atoms with Crippen LogP contribution in [0.15, 0.2) is 0 Å². The van der Waals surface area contributed by atoms with Crippen LogP contribution in [0.5, 0.6) is 0 Å². The zero-order chi connectivity index (χ0) is 13.5. The number of methoxy groups -OCH3 is 1. The molecule has 1 amide bonds. The van der Waals surface area contributed by atoms with E-state index in [0.29, 0.717) is 18.9 Å². The van der Waals surface area contributed by atoms with Gasteiger partial charge in [-0.3, -0.25) is 9.59 Å². The topological polar surface area (TPSA) is 46.6 Å². The fraction of sp³-hybridized carbons (Fsp3) is 0.846. The Morgan fingerprint density at radius 3 is 2.56 bits per heavy atom. The standard InChI is InChI=1S/C13H23NO3S/c1-10(13(16)17-3)9-14(2)12(15)8-11-4-6-18-7-5-11/h10-11H,4-9H2,1-3H3. The van der Waals surface area contributed by atoms with E-state index in [1.807, 2.05) is 11.8 Å². The van der Waals surface area contributed by atoms with E-state index in [-0.39, 0.29) is 17.8 Å². The van der Waals surface area contributed by atoms with Crippen molar-refractivity contribution in [3.63, 3.8) is 0 Å². The van der Waals surface area contributed by atoms with Gasteiger partial charge in [0.15, 0.2) is 0 Å². The monoisotopic (exact) mass is 273 g/mol. The quantitative estimate of drug-likeness (QED) is 0.716. The Morgan fingerprint density at radius 1 is 1.39 bits per heavy atom. The molecule has 1 unspecified atom stereocenters. The van der Waals surface area contributed by atoms with E-state index in [2.05, 4.69) is 4.74 Å². The highest BCUT2D eigenvalue weighted by Crippen LogP contribution is 2.25. The molecule has 0 aromatic rings. The number of amides is 1. The average molecular weight is 273 g/mol. The van der Waals surface area contributed by atoms with Gasteiger partial charge < -0.3 is 9.64 Å². The molecule has 1 aliphatic heterocycles. The van der Waals surface area contributed by atoms with Crippen molar-refractivity contribution in [1.82, 2.24) is 4.90 Å². The number of rotatable bonds is 5. The van der Waals surface area contributed by atoms with Gasteiger partial charge in [-0.15, -0.1) is 0 Å². The van der Waals surface area contributed by atoms with Gasteiger partial charge in [0.25, 0.3) is 0 Å². The minimum Gasteiger partial charge on any atom is -0.469 e. The third kappa shape index (κ3) is 4.88. The number of hydrogen-bond acceptors (Lipinski definition) is 4. The Balaban J connectivity index is 2.33. The van der Waals surface area contributed by atoms with Gasteiger partial charge in [0.05, 0.1) is 13.0 Å². The minimum atomic E-state index is -0.260. The van der Waals surface area contributed by atoms with Crippen molar-refractivity contribution in [3.8, 4) is 0 Å². The lowest BCUT2D eigenvalue weighted by atomic mass is 9.98. The molecule has 0 aromatic heterocycles. The van der Waals surface area contributed by atoms with Crippen molar-refractivity contribution in [2.24, 2.45) is 11.8 Å². The highest BCUT2D eigenvalue weighted by Gasteiger charge is 2.22. The molecule has 1 fully saturated rings. The zero-order valence-electron chi connectivity index (χ0n) is 11.5. The molecule has 0 radical (unpaired) electrons. The van der Waals surface area contributed by atoms with Crippen molar-refractivity contribution < 1.29 is 14.3 Å². The minimum absolute atomic E-state index is 0.141. The maximum atomic E-state index is 12.0. The van der Waals surface area contributed by atoms with Gasteiger partial charge in [0, 0.05) is 20.0 Å². The normalized spacial score (nSPS) is 18.2. The molecule has 0 saturated carbocycles. The summed E-state index contributed by atoms with van der Waals surface area (Å²) in [5.74, 6) is 2.48. The van der Waals surface area contributed by atoms with Crippen LogP contribution in [-0.4, -0.2) is 49.0 Å². The number of carbonyl (C=O) groups is 2. The molecule has 18 heavy (non-hydrogen) atoms. The van der Waals surface area contributed by atoms with Crippen LogP contribution in [0.2, 0.25) is 0 Å². The lowest BCUT2D eigenvalue weighted by molar-refractivity contribution is -0.146. The molecule has 104 valence electrons. The Labute approximate surface area is 113 Å². The van der Waals surface area contributed by atoms with Crippen molar-refractivity contribution in [1.29, 1.82) is 0 Å². The Morgan fingerprint density at radius 2 is 2.00 bits per heavy atom. The van der Waals surface area contributed by atoms with Gasteiger partial charge in [-0.2, -0.15) is 11.8 Å². The summed E-state index contributed by atoms with van der Waals surface area (Å²) in [6.45, 7) is 2.22. The molecule has 0 bridgehead atoms. The van der Waals surface area contributed by atoms with Crippen LogP contribution in [0.25, 0.3) is 0 Å². The number of carbonyl (C=O) groups excluding carboxylic acids is 2. The van der Waals surface area contributed by atoms with E-state index >= 15 is 0 Å². The summed E-state index contributed by atoms with van der Waals surface area (Å²) >= 11 is 1.97. The Hall–Kier alpha value is -0.710. The highest BCUT2D eigenvalue weighted by molar-refractivity contribution is 7.99. The molecule has 1 heterocycles. The summed E-state index contributed by atoms with van der Waals surface area (Å²) in [5.41, 5.74) is 0. The largest absolute Gasteiger partial charge is 0.469 e. The Bertz CT molecular complexity index is 290. The van der Waals surface area contributed by atoms with Gasteiger partial charge in [0.2, 0.25) is 5.91 Å². The summed E-state index contributed by atoms with van der Waals surface area (Å²) < 4.78 is 4.66. The highest BCUT2D eigenvalue weighted by atomic mass is 32.2. The fourth-order valence-corrected chi connectivity index (χ4v) is 3.35. The first kappa shape index (κ1) is 15.3. The van der Waals surface area contributed by atoms with Crippen LogP contribution < -0.4 is 0 Å². The van der Waals surface area contributed by atoms with Gasteiger partial charge >= 0.3 is 5.97 Å². The van der Waals surface area contributed by atoms with Gasteiger partial charge in [0.1, 0.15) is 0 Å². The molecular formula is C13H23NO3S. The average Bonchev–Trinajstić information content (AvgIpc) is 2.38.